The number of ketones is 2. The fourth-order valence-electron chi connectivity index (χ4n) is 1.90. The van der Waals surface area contributed by atoms with Gasteiger partial charge in [-0.2, -0.15) is 0 Å². The summed E-state index contributed by atoms with van der Waals surface area (Å²) in [7, 11) is 0. The summed E-state index contributed by atoms with van der Waals surface area (Å²) >= 11 is 0. The highest BCUT2D eigenvalue weighted by Gasteiger charge is 2.51. The Kier molecular flexibility index (Phi) is 4.31. The summed E-state index contributed by atoms with van der Waals surface area (Å²) in [5.41, 5.74) is -1.59. The van der Waals surface area contributed by atoms with Gasteiger partial charge in [0, 0.05) is 12.4 Å². The van der Waals surface area contributed by atoms with Gasteiger partial charge in [-0.3, -0.25) is 19.4 Å². The number of rotatable bonds is 5. The molecule has 0 aromatic carbocycles. The van der Waals surface area contributed by atoms with E-state index in [1.807, 2.05) is 0 Å². The molecule has 5 nitrogen and oxygen atoms in total. The van der Waals surface area contributed by atoms with E-state index in [4.69, 9.17) is 4.74 Å². The van der Waals surface area contributed by atoms with Crippen LogP contribution >= 0.6 is 0 Å². The zero-order valence-electron chi connectivity index (χ0n) is 10.6. The molecular weight excluding hydrogens is 234 g/mol. The summed E-state index contributed by atoms with van der Waals surface area (Å²) in [5.74, 6) is -1.95. The quantitative estimate of drug-likeness (QED) is 0.576. The average Bonchev–Trinajstić information content (AvgIpc) is 2.30. The number of aromatic nitrogens is 1. The number of nitrogens with zero attached hydrogens (tertiary/aromatic N) is 1. The number of pyridine rings is 1. The molecule has 0 spiro atoms. The fraction of sp³-hybridized carbons (Fsp3) is 0.385. The highest BCUT2D eigenvalue weighted by molar-refractivity contribution is 6.26. The summed E-state index contributed by atoms with van der Waals surface area (Å²) in [5, 5.41) is 0. The first-order valence-electron chi connectivity index (χ1n) is 5.57. The van der Waals surface area contributed by atoms with Crippen LogP contribution in [0.25, 0.3) is 0 Å². The van der Waals surface area contributed by atoms with Gasteiger partial charge in [0.2, 0.25) is 5.41 Å². The Morgan fingerprint density at radius 3 is 2.06 bits per heavy atom. The molecular formula is C13H15NO4. The third kappa shape index (κ3) is 2.16. The monoisotopic (exact) mass is 249 g/mol. The van der Waals surface area contributed by atoms with Crippen LogP contribution < -0.4 is 0 Å². The van der Waals surface area contributed by atoms with Crippen LogP contribution in [0.5, 0.6) is 0 Å². The molecule has 0 saturated heterocycles. The Bertz CT molecular complexity index is 453. The summed E-state index contributed by atoms with van der Waals surface area (Å²) in [4.78, 5) is 39.6. The maximum atomic E-state index is 12.1. The van der Waals surface area contributed by atoms with E-state index in [0.29, 0.717) is 0 Å². The van der Waals surface area contributed by atoms with Crippen LogP contribution in [0.3, 0.4) is 0 Å². The second kappa shape index (κ2) is 5.53. The maximum Gasteiger partial charge on any atom is 0.331 e. The van der Waals surface area contributed by atoms with Crippen molar-refractivity contribution in [3.05, 3.63) is 30.1 Å². The lowest BCUT2D eigenvalue weighted by molar-refractivity contribution is -0.156. The normalized spacial score (nSPS) is 10.8. The van der Waals surface area contributed by atoms with E-state index in [0.717, 1.165) is 0 Å². The Labute approximate surface area is 105 Å². The van der Waals surface area contributed by atoms with Crippen molar-refractivity contribution >= 4 is 17.5 Å². The zero-order valence-corrected chi connectivity index (χ0v) is 10.6. The number of esters is 1. The molecule has 1 aromatic rings. The third-order valence-electron chi connectivity index (χ3n) is 2.75. The second-order valence-electron chi connectivity index (χ2n) is 3.82. The second-order valence-corrected chi connectivity index (χ2v) is 3.82. The average molecular weight is 249 g/mol. The molecule has 1 rings (SSSR count). The lowest BCUT2D eigenvalue weighted by Crippen LogP contribution is -2.49. The molecule has 0 unspecified atom stereocenters. The van der Waals surface area contributed by atoms with Gasteiger partial charge in [-0.1, -0.05) is 0 Å². The number of hydrogen-bond donors (Lipinski definition) is 0. The van der Waals surface area contributed by atoms with Gasteiger partial charge in [0.1, 0.15) is 0 Å². The number of carbonyl (C=O) groups is 3. The van der Waals surface area contributed by atoms with Crippen LogP contribution in [0.1, 0.15) is 26.3 Å². The SMILES string of the molecule is CCOC(=O)C(C(C)=O)(C(C)=O)c1ccncc1. The Morgan fingerprint density at radius 2 is 1.67 bits per heavy atom. The van der Waals surface area contributed by atoms with Gasteiger partial charge in [0.25, 0.3) is 0 Å². The van der Waals surface area contributed by atoms with Crippen molar-refractivity contribution < 1.29 is 19.1 Å². The topological polar surface area (TPSA) is 73.3 Å². The van der Waals surface area contributed by atoms with Crippen molar-refractivity contribution in [3.8, 4) is 0 Å². The molecule has 0 fully saturated rings. The predicted molar refractivity (Wildman–Crippen MR) is 63.9 cm³/mol. The number of hydrogen-bond acceptors (Lipinski definition) is 5. The zero-order chi connectivity index (χ0) is 13.8. The molecule has 0 aliphatic carbocycles. The van der Waals surface area contributed by atoms with Gasteiger partial charge in [-0.25, -0.2) is 0 Å². The molecule has 0 radical (unpaired) electrons. The van der Waals surface area contributed by atoms with Crippen molar-refractivity contribution in [3.63, 3.8) is 0 Å². The van der Waals surface area contributed by atoms with Gasteiger partial charge < -0.3 is 4.74 Å². The summed E-state index contributed by atoms with van der Waals surface area (Å²) < 4.78 is 4.88. The van der Waals surface area contributed by atoms with E-state index in [1.54, 1.807) is 6.92 Å². The van der Waals surface area contributed by atoms with Crippen LogP contribution in [0.4, 0.5) is 0 Å². The number of ether oxygens (including phenoxy) is 1. The first-order chi connectivity index (χ1) is 8.47. The molecule has 18 heavy (non-hydrogen) atoms. The van der Waals surface area contributed by atoms with Gasteiger partial charge in [-0.15, -0.1) is 0 Å². The maximum absolute atomic E-state index is 12.1. The van der Waals surface area contributed by atoms with Crippen LogP contribution in [-0.4, -0.2) is 29.1 Å². The molecule has 96 valence electrons. The molecule has 0 atom stereocenters. The van der Waals surface area contributed by atoms with E-state index < -0.39 is 23.0 Å². The van der Waals surface area contributed by atoms with Crippen LogP contribution in [0, 0.1) is 0 Å². The molecule has 0 aliphatic heterocycles. The summed E-state index contributed by atoms with van der Waals surface area (Å²) in [6.45, 7) is 4.14. The molecule has 1 aromatic heterocycles. The summed E-state index contributed by atoms with van der Waals surface area (Å²) in [6, 6.07) is 2.94. The Hall–Kier alpha value is -2.04. The molecule has 5 heteroatoms. The predicted octanol–water partition coefficient (Wildman–Crippen LogP) is 1.06. The summed E-state index contributed by atoms with van der Waals surface area (Å²) in [6.07, 6.45) is 2.85. The van der Waals surface area contributed by atoms with Gasteiger partial charge in [0.15, 0.2) is 11.6 Å². The van der Waals surface area contributed by atoms with E-state index in [-0.39, 0.29) is 12.2 Å². The number of Topliss-reactive ketones (excluding diaryl/α,β-unsaturated/α-hetero) is 2. The van der Waals surface area contributed by atoms with Crippen LogP contribution in [0.2, 0.25) is 0 Å². The molecule has 0 amide bonds. The Morgan fingerprint density at radius 1 is 1.17 bits per heavy atom. The van der Waals surface area contributed by atoms with Crippen molar-refractivity contribution in [2.24, 2.45) is 0 Å². The van der Waals surface area contributed by atoms with Crippen LogP contribution in [0.15, 0.2) is 24.5 Å². The minimum atomic E-state index is -1.88. The van der Waals surface area contributed by atoms with E-state index in [2.05, 4.69) is 4.98 Å². The first-order valence-corrected chi connectivity index (χ1v) is 5.57. The van der Waals surface area contributed by atoms with Crippen molar-refractivity contribution in [2.75, 3.05) is 6.61 Å². The largest absolute Gasteiger partial charge is 0.465 e. The molecule has 0 bridgehead atoms. The highest BCUT2D eigenvalue weighted by atomic mass is 16.5. The van der Waals surface area contributed by atoms with E-state index >= 15 is 0 Å². The van der Waals surface area contributed by atoms with Gasteiger partial charge in [-0.05, 0) is 38.5 Å². The fourth-order valence-corrected chi connectivity index (χ4v) is 1.90. The van der Waals surface area contributed by atoms with E-state index in [1.165, 1.54) is 38.4 Å². The Balaban J connectivity index is 3.46. The van der Waals surface area contributed by atoms with Crippen LogP contribution in [-0.2, 0) is 24.5 Å². The van der Waals surface area contributed by atoms with Crippen molar-refractivity contribution in [1.29, 1.82) is 0 Å². The van der Waals surface area contributed by atoms with Crippen molar-refractivity contribution in [1.82, 2.24) is 4.98 Å². The molecule has 0 aliphatic rings. The molecule has 0 saturated carbocycles. The van der Waals surface area contributed by atoms with Gasteiger partial charge in [0.05, 0.1) is 6.61 Å². The molecule has 0 N–H and O–H groups in total. The lowest BCUT2D eigenvalue weighted by Gasteiger charge is -2.26. The number of carbonyl (C=O) groups excluding carboxylic acids is 3. The standard InChI is InChI=1S/C13H15NO4/c1-4-18-12(17)13(9(2)15,10(3)16)11-5-7-14-8-6-11/h5-8H,4H2,1-3H3. The first kappa shape index (κ1) is 14.0. The minimum absolute atomic E-state index is 0.103. The van der Waals surface area contributed by atoms with E-state index in [9.17, 15) is 14.4 Å². The molecule has 1 heterocycles. The van der Waals surface area contributed by atoms with Crippen molar-refractivity contribution in [2.45, 2.75) is 26.2 Å². The minimum Gasteiger partial charge on any atom is -0.465 e. The third-order valence-corrected chi connectivity index (χ3v) is 2.75. The smallest absolute Gasteiger partial charge is 0.331 e. The highest BCUT2D eigenvalue weighted by Crippen LogP contribution is 2.28. The lowest BCUT2D eigenvalue weighted by atomic mass is 9.74. The van der Waals surface area contributed by atoms with Gasteiger partial charge >= 0.3 is 5.97 Å².